The van der Waals surface area contributed by atoms with Crippen molar-refractivity contribution in [2.75, 3.05) is 13.2 Å². The molecule has 1 saturated heterocycles. The van der Waals surface area contributed by atoms with Crippen LogP contribution >= 0.6 is 0 Å². The van der Waals surface area contributed by atoms with Gasteiger partial charge < -0.3 is 50.5 Å². The summed E-state index contributed by atoms with van der Waals surface area (Å²) in [6, 6.07) is -1.17. The Bertz CT molecular complexity index is 846. The van der Waals surface area contributed by atoms with Crippen molar-refractivity contribution in [2.24, 2.45) is 0 Å². The van der Waals surface area contributed by atoms with Gasteiger partial charge in [-0.1, -0.05) is 142 Å². The molecule has 0 aromatic rings. The lowest BCUT2D eigenvalue weighted by Gasteiger charge is -2.40. The molecule has 0 aromatic carbocycles. The molecule has 0 radical (unpaired) electrons. The molecule has 1 fully saturated rings. The standard InChI is InChI=1S/C40H77NO10/c1-3-5-7-9-11-13-15-17-19-21-23-25-27-32(43)35(45)31(30-50-40-38(48)37(47)36(46)34(29-42)51-40)41-39(49)33(44)28-26-24-22-20-18-16-14-12-10-8-6-4-2/h13,15,31-38,40,42-48H,3-12,14,16-30H2,1-2H3,(H,41,49)/b15-13+/t31-,32+,33+,34+,35-,36+,37-,38+,40+/m0/s1. The molecule has 0 unspecified atom stereocenters. The number of amides is 1. The van der Waals surface area contributed by atoms with Gasteiger partial charge in [-0.3, -0.25) is 4.79 Å². The number of rotatable bonds is 33. The molecule has 51 heavy (non-hydrogen) atoms. The maximum atomic E-state index is 13.0. The number of carbonyl (C=O) groups is 1. The fourth-order valence-electron chi connectivity index (χ4n) is 6.55. The molecule has 0 aliphatic carbocycles. The number of aliphatic hydroxyl groups is 7. The Morgan fingerprint density at radius 2 is 1.14 bits per heavy atom. The topological polar surface area (TPSA) is 189 Å². The predicted octanol–water partition coefficient (Wildman–Crippen LogP) is 5.33. The van der Waals surface area contributed by atoms with E-state index in [0.29, 0.717) is 19.3 Å². The largest absolute Gasteiger partial charge is 0.394 e. The van der Waals surface area contributed by atoms with Crippen LogP contribution in [-0.4, -0.2) is 110 Å². The maximum Gasteiger partial charge on any atom is 0.249 e. The molecule has 0 spiro atoms. The van der Waals surface area contributed by atoms with Crippen molar-refractivity contribution in [1.29, 1.82) is 0 Å². The molecule has 0 aromatic heterocycles. The lowest BCUT2D eigenvalue weighted by molar-refractivity contribution is -0.303. The number of allylic oxidation sites excluding steroid dienone is 2. The van der Waals surface area contributed by atoms with Gasteiger partial charge in [0.25, 0.3) is 0 Å². The Morgan fingerprint density at radius 1 is 0.667 bits per heavy atom. The maximum absolute atomic E-state index is 13.0. The SMILES string of the molecule is CCCCCC/C=C/CCCCCC[C@@H](O)[C@@H](O)[C@H](CO[C@@H]1O[C@H](CO)[C@@H](O)[C@H](O)[C@H]1O)NC(=O)[C@H](O)CCCCCCCCCCCCCC. The molecule has 1 aliphatic heterocycles. The van der Waals surface area contributed by atoms with Gasteiger partial charge >= 0.3 is 0 Å². The second kappa shape index (κ2) is 31.2. The van der Waals surface area contributed by atoms with E-state index in [2.05, 4.69) is 31.3 Å². The summed E-state index contributed by atoms with van der Waals surface area (Å²) in [6.07, 6.45) is 18.4. The Kier molecular flexibility index (Phi) is 29.3. The molecule has 11 heteroatoms. The summed E-state index contributed by atoms with van der Waals surface area (Å²) in [4.78, 5) is 13.0. The Labute approximate surface area is 309 Å². The quantitative estimate of drug-likeness (QED) is 0.0324. The molecule has 9 atom stereocenters. The number of carbonyl (C=O) groups excluding carboxylic acids is 1. The number of unbranched alkanes of at least 4 members (excludes halogenated alkanes) is 19. The molecular formula is C40H77NO10. The Hall–Kier alpha value is -1.15. The number of hydrogen-bond acceptors (Lipinski definition) is 10. The van der Waals surface area contributed by atoms with Gasteiger partial charge in [-0.15, -0.1) is 0 Å². The second-order valence-electron chi connectivity index (χ2n) is 14.7. The van der Waals surface area contributed by atoms with Gasteiger partial charge in [0.05, 0.1) is 25.4 Å². The van der Waals surface area contributed by atoms with Gasteiger partial charge in [0.2, 0.25) is 5.91 Å². The summed E-state index contributed by atoms with van der Waals surface area (Å²) in [5.41, 5.74) is 0. The molecular weight excluding hydrogens is 654 g/mol. The van der Waals surface area contributed by atoms with Crippen LogP contribution in [0.15, 0.2) is 12.2 Å². The zero-order valence-corrected chi connectivity index (χ0v) is 32.1. The zero-order valence-electron chi connectivity index (χ0n) is 32.1. The molecule has 8 N–H and O–H groups in total. The number of aliphatic hydroxyl groups excluding tert-OH is 7. The van der Waals surface area contributed by atoms with Crippen LogP contribution in [0.4, 0.5) is 0 Å². The first-order chi connectivity index (χ1) is 24.7. The van der Waals surface area contributed by atoms with Gasteiger partial charge in [0.15, 0.2) is 6.29 Å². The van der Waals surface area contributed by atoms with E-state index in [9.17, 15) is 40.5 Å². The van der Waals surface area contributed by atoms with E-state index in [1.807, 2.05) is 0 Å². The van der Waals surface area contributed by atoms with Crippen molar-refractivity contribution in [3.05, 3.63) is 12.2 Å². The van der Waals surface area contributed by atoms with Gasteiger partial charge in [0.1, 0.15) is 36.6 Å². The van der Waals surface area contributed by atoms with Crippen LogP contribution < -0.4 is 5.32 Å². The van der Waals surface area contributed by atoms with Crippen LogP contribution in [0.5, 0.6) is 0 Å². The van der Waals surface area contributed by atoms with Crippen molar-refractivity contribution >= 4 is 5.91 Å². The summed E-state index contributed by atoms with van der Waals surface area (Å²) in [5, 5.41) is 75.3. The number of hydrogen-bond donors (Lipinski definition) is 8. The summed E-state index contributed by atoms with van der Waals surface area (Å²) in [7, 11) is 0. The molecule has 302 valence electrons. The van der Waals surface area contributed by atoms with Gasteiger partial charge in [0, 0.05) is 0 Å². The van der Waals surface area contributed by atoms with Crippen LogP contribution in [0.2, 0.25) is 0 Å². The second-order valence-corrected chi connectivity index (χ2v) is 14.7. The third kappa shape index (κ3) is 22.0. The van der Waals surface area contributed by atoms with Gasteiger partial charge in [-0.2, -0.15) is 0 Å². The fraction of sp³-hybridized carbons (Fsp3) is 0.925. The highest BCUT2D eigenvalue weighted by atomic mass is 16.7. The summed E-state index contributed by atoms with van der Waals surface area (Å²) in [6.45, 7) is 3.38. The van der Waals surface area contributed by atoms with E-state index in [-0.39, 0.29) is 6.42 Å². The molecule has 0 saturated carbocycles. The summed E-state index contributed by atoms with van der Waals surface area (Å²) < 4.78 is 11.0. The van der Waals surface area contributed by atoms with E-state index in [1.165, 1.54) is 77.0 Å². The first-order valence-electron chi connectivity index (χ1n) is 20.6. The minimum Gasteiger partial charge on any atom is -0.394 e. The molecule has 1 heterocycles. The molecule has 0 bridgehead atoms. The van der Waals surface area contributed by atoms with E-state index < -0.39 is 74.2 Å². The Morgan fingerprint density at radius 3 is 1.67 bits per heavy atom. The first-order valence-corrected chi connectivity index (χ1v) is 20.6. The van der Waals surface area contributed by atoms with Crippen LogP contribution in [0, 0.1) is 0 Å². The lowest BCUT2D eigenvalue weighted by atomic mass is 9.98. The molecule has 1 aliphatic rings. The van der Waals surface area contributed by atoms with Crippen molar-refractivity contribution in [1.82, 2.24) is 5.32 Å². The highest BCUT2D eigenvalue weighted by Gasteiger charge is 2.44. The van der Waals surface area contributed by atoms with Crippen molar-refractivity contribution in [2.45, 2.75) is 223 Å². The van der Waals surface area contributed by atoms with E-state index >= 15 is 0 Å². The molecule has 11 nitrogen and oxygen atoms in total. The van der Waals surface area contributed by atoms with Crippen molar-refractivity contribution < 1.29 is 50.0 Å². The van der Waals surface area contributed by atoms with E-state index in [0.717, 1.165) is 51.4 Å². The smallest absolute Gasteiger partial charge is 0.249 e. The number of nitrogens with one attached hydrogen (secondary N) is 1. The van der Waals surface area contributed by atoms with Crippen LogP contribution in [0.25, 0.3) is 0 Å². The highest BCUT2D eigenvalue weighted by molar-refractivity contribution is 5.80. The number of ether oxygens (including phenoxy) is 2. The zero-order chi connectivity index (χ0) is 37.7. The van der Waals surface area contributed by atoms with Crippen LogP contribution in [0.1, 0.15) is 168 Å². The van der Waals surface area contributed by atoms with E-state index in [4.69, 9.17) is 9.47 Å². The fourth-order valence-corrected chi connectivity index (χ4v) is 6.55. The average Bonchev–Trinajstić information content (AvgIpc) is 3.13. The highest BCUT2D eigenvalue weighted by Crippen LogP contribution is 2.23. The third-order valence-corrected chi connectivity index (χ3v) is 10.1. The minimum absolute atomic E-state index is 0.260. The van der Waals surface area contributed by atoms with Crippen LogP contribution in [-0.2, 0) is 14.3 Å². The first kappa shape index (κ1) is 47.9. The van der Waals surface area contributed by atoms with Crippen LogP contribution in [0.3, 0.4) is 0 Å². The lowest BCUT2D eigenvalue weighted by Crippen LogP contribution is -2.60. The normalized spacial score (nSPS) is 23.4. The monoisotopic (exact) mass is 732 g/mol. The predicted molar refractivity (Wildman–Crippen MR) is 201 cm³/mol. The Balaban J connectivity index is 2.55. The third-order valence-electron chi connectivity index (χ3n) is 10.1. The van der Waals surface area contributed by atoms with E-state index in [1.54, 1.807) is 0 Å². The molecule has 1 rings (SSSR count). The minimum atomic E-state index is -1.66. The summed E-state index contributed by atoms with van der Waals surface area (Å²) in [5.74, 6) is -0.704. The van der Waals surface area contributed by atoms with Gasteiger partial charge in [-0.05, 0) is 38.5 Å². The molecule has 1 amide bonds. The van der Waals surface area contributed by atoms with Gasteiger partial charge in [-0.25, -0.2) is 0 Å². The van der Waals surface area contributed by atoms with Crippen molar-refractivity contribution in [3.8, 4) is 0 Å². The average molecular weight is 732 g/mol. The summed E-state index contributed by atoms with van der Waals surface area (Å²) >= 11 is 0. The van der Waals surface area contributed by atoms with Crippen molar-refractivity contribution in [3.63, 3.8) is 0 Å².